The summed E-state index contributed by atoms with van der Waals surface area (Å²) in [5.41, 5.74) is 11.9. The van der Waals surface area contributed by atoms with Crippen molar-refractivity contribution < 1.29 is 4.74 Å². The second-order valence-corrected chi connectivity index (χ2v) is 9.65. The van der Waals surface area contributed by atoms with E-state index in [-0.39, 0.29) is 10.8 Å². The Morgan fingerprint density at radius 3 is 2.00 bits per heavy atom. The molecule has 2 nitrogen and oxygen atoms in total. The Labute approximate surface area is 202 Å². The SMILES string of the molecule is C=C.C=C/C=C(/Cc1ccccc1)OCc1cc2c(cc1C)C(C)(C)CCC2(C)C.C=CN. The fourth-order valence-corrected chi connectivity index (χ4v) is 4.18. The molecule has 178 valence electrons. The van der Waals surface area contributed by atoms with Crippen molar-refractivity contribution in [1.82, 2.24) is 0 Å². The van der Waals surface area contributed by atoms with Gasteiger partial charge in [0.15, 0.2) is 0 Å². The number of hydrogen-bond donors (Lipinski definition) is 1. The summed E-state index contributed by atoms with van der Waals surface area (Å²) in [5, 5.41) is 0. The first-order valence-corrected chi connectivity index (χ1v) is 11.6. The Balaban J connectivity index is 0.00000101. The molecule has 0 amide bonds. The number of nitrogens with two attached hydrogens (primary N) is 1. The summed E-state index contributed by atoms with van der Waals surface area (Å²) >= 11 is 0. The van der Waals surface area contributed by atoms with Gasteiger partial charge in [-0.25, -0.2) is 0 Å². The van der Waals surface area contributed by atoms with E-state index in [1.54, 1.807) is 0 Å². The molecule has 0 unspecified atom stereocenters. The maximum absolute atomic E-state index is 6.25. The third-order valence-corrected chi connectivity index (χ3v) is 6.25. The van der Waals surface area contributed by atoms with E-state index >= 15 is 0 Å². The molecule has 2 aromatic carbocycles. The molecule has 0 saturated carbocycles. The standard InChI is InChI=1S/C27H34O.C2H5N.C2H4/c1-7-11-23(17-21-12-9-8-10-13-21)28-19-22-18-25-24(16-20(22)2)26(3,4)14-15-27(25,5)6;1-2-3;1-2/h7-13,16,18H,1,14-15,17,19H2,2-6H3;2H,1,3H2;1-2H2/b23-11-;;. The summed E-state index contributed by atoms with van der Waals surface area (Å²) in [6.07, 6.45) is 8.30. The van der Waals surface area contributed by atoms with Crippen LogP contribution in [0.4, 0.5) is 0 Å². The van der Waals surface area contributed by atoms with E-state index in [9.17, 15) is 0 Å². The van der Waals surface area contributed by atoms with Crippen LogP contribution in [-0.2, 0) is 28.6 Å². The first-order chi connectivity index (χ1) is 15.6. The number of benzene rings is 2. The summed E-state index contributed by atoms with van der Waals surface area (Å²) in [6.45, 7) is 25.3. The average Bonchev–Trinajstić information content (AvgIpc) is 2.78. The third kappa shape index (κ3) is 7.82. The lowest BCUT2D eigenvalue weighted by Gasteiger charge is -2.42. The summed E-state index contributed by atoms with van der Waals surface area (Å²) < 4.78 is 6.25. The van der Waals surface area contributed by atoms with Crippen LogP contribution in [0.25, 0.3) is 0 Å². The van der Waals surface area contributed by atoms with Gasteiger partial charge in [0.2, 0.25) is 0 Å². The molecule has 2 heteroatoms. The van der Waals surface area contributed by atoms with Crippen LogP contribution in [0.1, 0.15) is 68.4 Å². The van der Waals surface area contributed by atoms with E-state index in [2.05, 4.69) is 103 Å². The fourth-order valence-electron chi connectivity index (χ4n) is 4.18. The van der Waals surface area contributed by atoms with Crippen molar-refractivity contribution in [2.75, 3.05) is 0 Å². The quantitative estimate of drug-likeness (QED) is 0.277. The minimum absolute atomic E-state index is 0.219. The zero-order valence-electron chi connectivity index (χ0n) is 21.4. The average molecular weight is 446 g/mol. The Hall–Kier alpha value is -3.00. The molecule has 0 aromatic heterocycles. The number of fused-ring (bicyclic) bond motifs is 1. The maximum atomic E-state index is 6.25. The van der Waals surface area contributed by atoms with E-state index < -0.39 is 0 Å². The van der Waals surface area contributed by atoms with Crippen LogP contribution in [0.2, 0.25) is 0 Å². The van der Waals surface area contributed by atoms with Gasteiger partial charge in [-0.3, -0.25) is 0 Å². The van der Waals surface area contributed by atoms with Crippen molar-refractivity contribution in [2.45, 2.75) is 71.3 Å². The monoisotopic (exact) mass is 445 g/mol. The van der Waals surface area contributed by atoms with Gasteiger partial charge in [0, 0.05) is 6.42 Å². The van der Waals surface area contributed by atoms with Gasteiger partial charge in [0.05, 0.1) is 0 Å². The maximum Gasteiger partial charge on any atom is 0.113 e. The highest BCUT2D eigenvalue weighted by Crippen LogP contribution is 2.46. The Morgan fingerprint density at radius 1 is 0.970 bits per heavy atom. The van der Waals surface area contributed by atoms with Crippen molar-refractivity contribution in [2.24, 2.45) is 5.73 Å². The molecule has 1 aliphatic rings. The molecule has 2 N–H and O–H groups in total. The van der Waals surface area contributed by atoms with Crippen LogP contribution in [0.5, 0.6) is 0 Å². The summed E-state index contributed by atoms with van der Waals surface area (Å²) in [4.78, 5) is 0. The topological polar surface area (TPSA) is 35.2 Å². The van der Waals surface area contributed by atoms with Crippen LogP contribution in [0, 0.1) is 6.92 Å². The van der Waals surface area contributed by atoms with Crippen LogP contribution in [0.3, 0.4) is 0 Å². The van der Waals surface area contributed by atoms with E-state index in [0.29, 0.717) is 6.61 Å². The highest BCUT2D eigenvalue weighted by Gasteiger charge is 2.37. The molecular formula is C31H43NO. The predicted molar refractivity (Wildman–Crippen MR) is 145 cm³/mol. The highest BCUT2D eigenvalue weighted by atomic mass is 16.5. The zero-order valence-corrected chi connectivity index (χ0v) is 21.4. The Kier molecular flexibility index (Phi) is 10.9. The molecule has 0 fully saturated rings. The van der Waals surface area contributed by atoms with Gasteiger partial charge >= 0.3 is 0 Å². The number of hydrogen-bond acceptors (Lipinski definition) is 2. The first kappa shape index (κ1) is 28.0. The second kappa shape index (κ2) is 12.9. The van der Waals surface area contributed by atoms with Crippen molar-refractivity contribution in [3.63, 3.8) is 0 Å². The van der Waals surface area contributed by atoms with E-state index in [4.69, 9.17) is 4.74 Å². The molecule has 3 rings (SSSR count). The summed E-state index contributed by atoms with van der Waals surface area (Å²) in [7, 11) is 0. The minimum atomic E-state index is 0.219. The molecule has 0 saturated heterocycles. The molecule has 1 aliphatic carbocycles. The Bertz CT molecular complexity index is 935. The lowest BCUT2D eigenvalue weighted by atomic mass is 9.62. The van der Waals surface area contributed by atoms with E-state index in [1.165, 1.54) is 46.9 Å². The van der Waals surface area contributed by atoms with Crippen LogP contribution >= 0.6 is 0 Å². The second-order valence-electron chi connectivity index (χ2n) is 9.65. The van der Waals surface area contributed by atoms with Crippen molar-refractivity contribution in [3.05, 3.63) is 121 Å². The molecule has 33 heavy (non-hydrogen) atoms. The van der Waals surface area contributed by atoms with E-state index in [0.717, 1.165) is 12.2 Å². The molecule has 2 aromatic rings. The number of ether oxygens (including phenoxy) is 1. The lowest BCUT2D eigenvalue weighted by Crippen LogP contribution is -2.34. The van der Waals surface area contributed by atoms with Gasteiger partial charge in [-0.05, 0) is 70.7 Å². The molecule has 0 atom stereocenters. The lowest BCUT2D eigenvalue weighted by molar-refractivity contribution is 0.192. The van der Waals surface area contributed by atoms with Gasteiger partial charge in [-0.2, -0.15) is 0 Å². The molecule has 0 bridgehead atoms. The van der Waals surface area contributed by atoms with Crippen molar-refractivity contribution in [3.8, 4) is 0 Å². The van der Waals surface area contributed by atoms with E-state index in [1.807, 2.05) is 18.2 Å². The number of aryl methyl sites for hydroxylation is 1. The van der Waals surface area contributed by atoms with Gasteiger partial charge in [-0.1, -0.05) is 89.4 Å². The molecule has 0 spiro atoms. The summed E-state index contributed by atoms with van der Waals surface area (Å²) in [6, 6.07) is 15.3. The van der Waals surface area contributed by atoms with Gasteiger partial charge in [0.25, 0.3) is 0 Å². The van der Waals surface area contributed by atoms with Crippen LogP contribution < -0.4 is 5.73 Å². The van der Waals surface area contributed by atoms with Gasteiger partial charge in [0.1, 0.15) is 12.4 Å². The number of allylic oxidation sites excluding steroid dienone is 3. The molecule has 0 aliphatic heterocycles. The van der Waals surface area contributed by atoms with Crippen molar-refractivity contribution >= 4 is 0 Å². The van der Waals surface area contributed by atoms with Gasteiger partial charge < -0.3 is 10.5 Å². The fraction of sp³-hybridized carbons (Fsp3) is 0.355. The Morgan fingerprint density at radius 2 is 1.48 bits per heavy atom. The predicted octanol–water partition coefficient (Wildman–Crippen LogP) is 8.06. The van der Waals surface area contributed by atoms with Gasteiger partial charge in [-0.15, -0.1) is 13.2 Å². The smallest absolute Gasteiger partial charge is 0.113 e. The first-order valence-electron chi connectivity index (χ1n) is 11.6. The summed E-state index contributed by atoms with van der Waals surface area (Å²) in [5.74, 6) is 0.956. The van der Waals surface area contributed by atoms with Crippen molar-refractivity contribution in [1.29, 1.82) is 0 Å². The largest absolute Gasteiger partial charge is 0.493 e. The van der Waals surface area contributed by atoms with Crippen LogP contribution in [0.15, 0.2) is 92.9 Å². The molecule has 0 radical (unpaired) electrons. The highest BCUT2D eigenvalue weighted by molar-refractivity contribution is 5.46. The minimum Gasteiger partial charge on any atom is -0.493 e. The normalized spacial score (nSPS) is 15.5. The zero-order chi connectivity index (χ0) is 25.1. The van der Waals surface area contributed by atoms with Crippen LogP contribution in [-0.4, -0.2) is 0 Å². The molecule has 0 heterocycles. The third-order valence-electron chi connectivity index (χ3n) is 6.25. The molecular weight excluding hydrogens is 402 g/mol. The number of rotatable bonds is 6.